The lowest BCUT2D eigenvalue weighted by Gasteiger charge is -2.16. The summed E-state index contributed by atoms with van der Waals surface area (Å²) in [5.74, 6) is -1.29. The van der Waals surface area contributed by atoms with E-state index in [2.05, 4.69) is 5.32 Å². The number of sulfone groups is 1. The Morgan fingerprint density at radius 3 is 2.58 bits per heavy atom. The SMILES string of the molecule is N#CC1(NC(=O)[C@@H]2C[C@H](S(=O)(=O)c3ccccc3Cl)C[C@H]2O)CC1. The van der Waals surface area contributed by atoms with Gasteiger partial charge in [-0.2, -0.15) is 5.26 Å². The Labute approximate surface area is 145 Å². The fourth-order valence-electron chi connectivity index (χ4n) is 3.08. The van der Waals surface area contributed by atoms with Gasteiger partial charge in [-0.3, -0.25) is 4.79 Å². The molecule has 128 valence electrons. The molecule has 1 aromatic carbocycles. The molecule has 0 radical (unpaired) electrons. The van der Waals surface area contributed by atoms with Gasteiger partial charge in [0.2, 0.25) is 5.91 Å². The van der Waals surface area contributed by atoms with E-state index in [0.717, 1.165) is 0 Å². The van der Waals surface area contributed by atoms with Gasteiger partial charge < -0.3 is 10.4 Å². The Balaban J connectivity index is 1.77. The van der Waals surface area contributed by atoms with Crippen LogP contribution in [0.15, 0.2) is 29.2 Å². The fraction of sp³-hybridized carbons (Fsp3) is 0.500. The van der Waals surface area contributed by atoms with Crippen molar-refractivity contribution in [3.05, 3.63) is 29.3 Å². The van der Waals surface area contributed by atoms with E-state index in [1.165, 1.54) is 12.1 Å². The smallest absolute Gasteiger partial charge is 0.227 e. The van der Waals surface area contributed by atoms with Crippen LogP contribution in [0.2, 0.25) is 5.02 Å². The number of rotatable bonds is 4. The average Bonchev–Trinajstić information content (AvgIpc) is 3.19. The number of benzene rings is 1. The van der Waals surface area contributed by atoms with E-state index in [1.54, 1.807) is 12.1 Å². The number of hydrogen-bond acceptors (Lipinski definition) is 5. The van der Waals surface area contributed by atoms with Crippen molar-refractivity contribution in [1.82, 2.24) is 5.32 Å². The first-order valence-electron chi connectivity index (χ1n) is 7.69. The molecule has 3 rings (SSSR count). The van der Waals surface area contributed by atoms with E-state index in [0.29, 0.717) is 12.8 Å². The van der Waals surface area contributed by atoms with Crippen molar-refractivity contribution in [2.75, 3.05) is 0 Å². The van der Waals surface area contributed by atoms with E-state index in [-0.39, 0.29) is 22.8 Å². The van der Waals surface area contributed by atoms with Gasteiger partial charge >= 0.3 is 0 Å². The molecule has 3 atom stereocenters. The van der Waals surface area contributed by atoms with Crippen LogP contribution in [0.25, 0.3) is 0 Å². The zero-order chi connectivity index (χ0) is 17.5. The van der Waals surface area contributed by atoms with Crippen molar-refractivity contribution in [2.24, 2.45) is 5.92 Å². The number of amides is 1. The summed E-state index contributed by atoms with van der Waals surface area (Å²) in [7, 11) is -3.74. The predicted octanol–water partition coefficient (Wildman–Crippen LogP) is 1.43. The first-order valence-corrected chi connectivity index (χ1v) is 9.61. The summed E-state index contributed by atoms with van der Waals surface area (Å²) in [6.45, 7) is 0. The molecule has 6 nitrogen and oxygen atoms in total. The lowest BCUT2D eigenvalue weighted by molar-refractivity contribution is -0.128. The van der Waals surface area contributed by atoms with Gasteiger partial charge in [0, 0.05) is 0 Å². The second-order valence-corrected chi connectivity index (χ2v) is 9.03. The summed E-state index contributed by atoms with van der Waals surface area (Å²) in [5, 5.41) is 21.1. The molecule has 0 aromatic heterocycles. The van der Waals surface area contributed by atoms with Gasteiger partial charge in [0.05, 0.1) is 33.3 Å². The first-order chi connectivity index (χ1) is 11.3. The summed E-state index contributed by atoms with van der Waals surface area (Å²) in [6, 6.07) is 8.18. The topological polar surface area (TPSA) is 107 Å². The molecule has 0 aliphatic heterocycles. The number of nitrogens with zero attached hydrogens (tertiary/aromatic N) is 1. The third kappa shape index (κ3) is 3.02. The summed E-state index contributed by atoms with van der Waals surface area (Å²) < 4.78 is 25.5. The average molecular weight is 369 g/mol. The van der Waals surface area contributed by atoms with Gasteiger partial charge in [0.25, 0.3) is 0 Å². The number of aliphatic hydroxyl groups excluding tert-OH is 1. The van der Waals surface area contributed by atoms with Gasteiger partial charge in [0.1, 0.15) is 5.54 Å². The summed E-state index contributed by atoms with van der Waals surface area (Å²) in [4.78, 5) is 12.3. The summed E-state index contributed by atoms with van der Waals surface area (Å²) >= 11 is 5.98. The highest BCUT2D eigenvalue weighted by atomic mass is 35.5. The van der Waals surface area contributed by atoms with E-state index < -0.39 is 38.6 Å². The quantitative estimate of drug-likeness (QED) is 0.835. The van der Waals surface area contributed by atoms with E-state index in [9.17, 15) is 18.3 Å². The molecule has 0 heterocycles. The number of hydrogen-bond donors (Lipinski definition) is 2. The van der Waals surface area contributed by atoms with E-state index in [1.807, 2.05) is 6.07 Å². The van der Waals surface area contributed by atoms with E-state index >= 15 is 0 Å². The standard InChI is InChI=1S/C16H17ClN2O4S/c17-12-3-1-2-4-14(12)24(22,23)10-7-11(13(20)8-10)15(21)19-16(9-18)5-6-16/h1-4,10-11,13,20H,5-8H2,(H,19,21)/t10-,11+,13+/m0/s1. The van der Waals surface area contributed by atoms with Gasteiger partial charge in [-0.1, -0.05) is 23.7 Å². The maximum absolute atomic E-state index is 12.7. The highest BCUT2D eigenvalue weighted by Crippen LogP contribution is 2.39. The normalized spacial score (nSPS) is 28.1. The van der Waals surface area contributed by atoms with Crippen molar-refractivity contribution < 1.29 is 18.3 Å². The molecule has 2 aliphatic rings. The van der Waals surface area contributed by atoms with Crippen molar-refractivity contribution in [2.45, 2.75) is 47.5 Å². The molecular formula is C16H17ClN2O4S. The Hall–Kier alpha value is -1.62. The highest BCUT2D eigenvalue weighted by Gasteiger charge is 2.49. The fourth-order valence-corrected chi connectivity index (χ4v) is 5.42. The molecule has 24 heavy (non-hydrogen) atoms. The highest BCUT2D eigenvalue weighted by molar-refractivity contribution is 7.92. The summed E-state index contributed by atoms with van der Waals surface area (Å²) in [6.07, 6.45) is 0.105. The molecule has 2 saturated carbocycles. The molecular weight excluding hydrogens is 352 g/mol. The van der Waals surface area contributed by atoms with Crippen molar-refractivity contribution >= 4 is 27.3 Å². The number of halogens is 1. The Bertz CT molecular complexity index is 814. The number of carbonyl (C=O) groups is 1. The number of nitriles is 1. The second-order valence-electron chi connectivity index (χ2n) is 6.43. The van der Waals surface area contributed by atoms with Crippen LogP contribution in [0.4, 0.5) is 0 Å². The van der Waals surface area contributed by atoms with Crippen LogP contribution in [0.1, 0.15) is 25.7 Å². The monoisotopic (exact) mass is 368 g/mol. The van der Waals surface area contributed by atoms with Gasteiger partial charge in [0.15, 0.2) is 9.84 Å². The van der Waals surface area contributed by atoms with Crippen LogP contribution in [0, 0.1) is 17.2 Å². The van der Waals surface area contributed by atoms with Crippen LogP contribution < -0.4 is 5.32 Å². The molecule has 1 aromatic rings. The Kier molecular flexibility index (Phi) is 4.32. The van der Waals surface area contributed by atoms with Gasteiger partial charge in [-0.15, -0.1) is 0 Å². The molecule has 2 fully saturated rings. The maximum atomic E-state index is 12.7. The lowest BCUT2D eigenvalue weighted by Crippen LogP contribution is -2.42. The maximum Gasteiger partial charge on any atom is 0.227 e. The van der Waals surface area contributed by atoms with Gasteiger partial charge in [-0.05, 0) is 37.8 Å². The largest absolute Gasteiger partial charge is 0.392 e. The third-order valence-corrected chi connectivity index (χ3v) is 7.40. The minimum Gasteiger partial charge on any atom is -0.392 e. The number of carbonyl (C=O) groups excluding carboxylic acids is 1. The van der Waals surface area contributed by atoms with Crippen LogP contribution >= 0.6 is 11.6 Å². The van der Waals surface area contributed by atoms with Crippen molar-refractivity contribution in [3.63, 3.8) is 0 Å². The Morgan fingerprint density at radius 1 is 1.33 bits per heavy atom. The number of nitrogens with one attached hydrogen (secondary N) is 1. The van der Waals surface area contributed by atoms with E-state index in [4.69, 9.17) is 16.9 Å². The first kappa shape index (κ1) is 17.2. The third-order valence-electron chi connectivity index (χ3n) is 4.73. The van der Waals surface area contributed by atoms with Crippen LogP contribution in [0.3, 0.4) is 0 Å². The lowest BCUT2D eigenvalue weighted by atomic mass is 10.0. The summed E-state index contributed by atoms with van der Waals surface area (Å²) in [5.41, 5.74) is -0.837. The molecule has 0 unspecified atom stereocenters. The van der Waals surface area contributed by atoms with Gasteiger partial charge in [-0.25, -0.2) is 8.42 Å². The number of aliphatic hydroxyl groups is 1. The van der Waals surface area contributed by atoms with Crippen molar-refractivity contribution in [3.8, 4) is 6.07 Å². The molecule has 0 saturated heterocycles. The molecule has 2 N–H and O–H groups in total. The molecule has 2 aliphatic carbocycles. The molecule has 0 bridgehead atoms. The molecule has 8 heteroatoms. The second kappa shape index (κ2) is 6.03. The zero-order valence-corrected chi connectivity index (χ0v) is 14.3. The van der Waals surface area contributed by atoms with Crippen LogP contribution in [-0.4, -0.2) is 36.3 Å². The van der Waals surface area contributed by atoms with Crippen LogP contribution in [-0.2, 0) is 14.6 Å². The van der Waals surface area contributed by atoms with Crippen molar-refractivity contribution in [1.29, 1.82) is 5.26 Å². The zero-order valence-electron chi connectivity index (χ0n) is 12.8. The minimum atomic E-state index is -3.74. The Morgan fingerprint density at radius 2 is 2.00 bits per heavy atom. The molecule has 1 amide bonds. The van der Waals surface area contributed by atoms with Crippen LogP contribution in [0.5, 0.6) is 0 Å². The predicted molar refractivity (Wildman–Crippen MR) is 86.9 cm³/mol. The minimum absolute atomic E-state index is 0.0145. The molecule has 0 spiro atoms.